The third-order valence-electron chi connectivity index (χ3n) is 5.92. The Kier molecular flexibility index (Phi) is 5.29. The molecule has 7 heteroatoms. The smallest absolute Gasteiger partial charge is 0.224 e. The van der Waals surface area contributed by atoms with Gasteiger partial charge in [-0.05, 0) is 23.4 Å². The van der Waals surface area contributed by atoms with Crippen molar-refractivity contribution >= 4 is 11.3 Å². The van der Waals surface area contributed by atoms with Gasteiger partial charge in [-0.15, -0.1) is 11.3 Å². The second-order valence-corrected chi connectivity index (χ2v) is 8.39. The highest BCUT2D eigenvalue weighted by Crippen LogP contribution is 2.53. The zero-order chi connectivity index (χ0) is 18.1. The molecule has 6 atom stereocenters. The van der Waals surface area contributed by atoms with Crippen molar-refractivity contribution in [2.45, 2.75) is 44.4 Å². The van der Waals surface area contributed by atoms with E-state index in [0.29, 0.717) is 26.2 Å². The molecule has 142 valence electrons. The van der Waals surface area contributed by atoms with Gasteiger partial charge in [-0.1, -0.05) is 19.4 Å². The van der Waals surface area contributed by atoms with Gasteiger partial charge < -0.3 is 14.2 Å². The molecule has 4 rings (SSSR count). The fraction of sp³-hybridized carbons (Fsp3) is 0.684. The molecule has 2 fully saturated rings. The summed E-state index contributed by atoms with van der Waals surface area (Å²) >= 11 is 1.61. The fourth-order valence-corrected chi connectivity index (χ4v) is 5.72. The van der Waals surface area contributed by atoms with Gasteiger partial charge in [-0.25, -0.2) is 0 Å². The lowest BCUT2D eigenvalue weighted by Gasteiger charge is -2.50. The standard InChI is InChI=1S/C19H25NO5S/c1-2-3-6-24-19-14-11-23-10-13-17(14)12(9-25-19)8-15(20(21)22)18(13)16-5-4-7-26-16/h4-5,7,9,13-15,17-19H,2-3,6,8,10-11H2,1H3/t13-,14-,15-,17-,18+,19-/m1/s1. The van der Waals surface area contributed by atoms with E-state index < -0.39 is 6.04 Å². The van der Waals surface area contributed by atoms with Gasteiger partial charge in [0.1, 0.15) is 0 Å². The summed E-state index contributed by atoms with van der Waals surface area (Å²) < 4.78 is 17.7. The molecule has 0 unspecified atom stereocenters. The molecule has 1 saturated carbocycles. The Labute approximate surface area is 157 Å². The average molecular weight is 379 g/mol. The second-order valence-electron chi connectivity index (χ2n) is 7.41. The average Bonchev–Trinajstić information content (AvgIpc) is 3.17. The molecule has 1 aromatic heterocycles. The highest BCUT2D eigenvalue weighted by atomic mass is 32.1. The van der Waals surface area contributed by atoms with Crippen molar-refractivity contribution in [3.05, 3.63) is 44.3 Å². The molecular formula is C19H25NO5S. The molecule has 0 radical (unpaired) electrons. The third-order valence-corrected chi connectivity index (χ3v) is 6.89. The van der Waals surface area contributed by atoms with E-state index in [1.165, 1.54) is 0 Å². The van der Waals surface area contributed by atoms with Crippen LogP contribution in [0.25, 0.3) is 0 Å². The largest absolute Gasteiger partial charge is 0.472 e. The number of nitrogens with zero attached hydrogens (tertiary/aromatic N) is 1. The van der Waals surface area contributed by atoms with E-state index in [4.69, 9.17) is 14.2 Å². The summed E-state index contributed by atoms with van der Waals surface area (Å²) in [5.74, 6) is 0.349. The Morgan fingerprint density at radius 2 is 2.19 bits per heavy atom. The summed E-state index contributed by atoms with van der Waals surface area (Å²) in [5, 5.41) is 13.8. The number of nitro groups is 1. The van der Waals surface area contributed by atoms with Gasteiger partial charge in [-0.3, -0.25) is 10.1 Å². The van der Waals surface area contributed by atoms with Crippen molar-refractivity contribution in [1.82, 2.24) is 0 Å². The molecule has 0 bridgehead atoms. The van der Waals surface area contributed by atoms with Gasteiger partial charge in [0, 0.05) is 28.1 Å². The minimum Gasteiger partial charge on any atom is -0.472 e. The number of hydrogen-bond acceptors (Lipinski definition) is 6. The molecule has 6 nitrogen and oxygen atoms in total. The van der Waals surface area contributed by atoms with E-state index in [1.807, 2.05) is 17.5 Å². The first-order chi connectivity index (χ1) is 12.7. The molecule has 0 spiro atoms. The highest BCUT2D eigenvalue weighted by Gasteiger charge is 2.55. The summed E-state index contributed by atoms with van der Waals surface area (Å²) in [6, 6.07) is 3.38. The maximum Gasteiger partial charge on any atom is 0.224 e. The minimum absolute atomic E-state index is 0.101. The number of thiophene rings is 1. The number of hydrogen-bond donors (Lipinski definition) is 0. The zero-order valence-electron chi connectivity index (χ0n) is 14.9. The first-order valence-corrected chi connectivity index (χ1v) is 10.3. The van der Waals surface area contributed by atoms with E-state index in [2.05, 4.69) is 6.92 Å². The third kappa shape index (κ3) is 3.17. The Morgan fingerprint density at radius 3 is 2.92 bits per heavy atom. The van der Waals surface area contributed by atoms with Gasteiger partial charge in [0.25, 0.3) is 0 Å². The lowest BCUT2D eigenvalue weighted by Crippen LogP contribution is -2.54. The summed E-state index contributed by atoms with van der Waals surface area (Å²) in [7, 11) is 0. The summed E-state index contributed by atoms with van der Waals surface area (Å²) in [4.78, 5) is 12.8. The molecule has 3 aliphatic rings. The van der Waals surface area contributed by atoms with Crippen molar-refractivity contribution in [3.8, 4) is 0 Å². The Hall–Kier alpha value is -1.44. The van der Waals surface area contributed by atoms with Crippen LogP contribution in [0.1, 0.15) is 37.0 Å². The fourth-order valence-electron chi connectivity index (χ4n) is 4.76. The van der Waals surface area contributed by atoms with Crippen molar-refractivity contribution in [2.24, 2.45) is 17.8 Å². The molecule has 1 aromatic rings. The van der Waals surface area contributed by atoms with Crippen molar-refractivity contribution in [2.75, 3.05) is 19.8 Å². The van der Waals surface area contributed by atoms with Crippen LogP contribution in [0, 0.1) is 27.9 Å². The first-order valence-electron chi connectivity index (χ1n) is 9.41. The topological polar surface area (TPSA) is 70.8 Å². The van der Waals surface area contributed by atoms with Crippen LogP contribution in [0.5, 0.6) is 0 Å². The van der Waals surface area contributed by atoms with Crippen LogP contribution in [0.3, 0.4) is 0 Å². The summed E-state index contributed by atoms with van der Waals surface area (Å²) in [6.07, 6.45) is 3.96. The zero-order valence-corrected chi connectivity index (χ0v) is 15.7. The van der Waals surface area contributed by atoms with Crippen molar-refractivity contribution in [3.63, 3.8) is 0 Å². The van der Waals surface area contributed by atoms with Crippen LogP contribution in [0.15, 0.2) is 29.3 Å². The summed E-state index contributed by atoms with van der Waals surface area (Å²) in [6.45, 7) is 3.96. The Morgan fingerprint density at radius 1 is 1.35 bits per heavy atom. The highest BCUT2D eigenvalue weighted by molar-refractivity contribution is 7.10. The molecule has 26 heavy (non-hydrogen) atoms. The maximum absolute atomic E-state index is 11.8. The van der Waals surface area contributed by atoms with E-state index in [9.17, 15) is 10.1 Å². The molecular weight excluding hydrogens is 354 g/mol. The minimum atomic E-state index is -0.621. The number of ether oxygens (including phenoxy) is 3. The van der Waals surface area contributed by atoms with Crippen molar-refractivity contribution in [1.29, 1.82) is 0 Å². The second kappa shape index (κ2) is 7.66. The molecule has 1 aliphatic carbocycles. The molecule has 0 aromatic carbocycles. The molecule has 1 saturated heterocycles. The maximum atomic E-state index is 11.8. The Bertz CT molecular complexity index is 661. The van der Waals surface area contributed by atoms with Crippen LogP contribution < -0.4 is 0 Å². The molecule has 3 heterocycles. The van der Waals surface area contributed by atoms with Crippen LogP contribution >= 0.6 is 11.3 Å². The lowest BCUT2D eigenvalue weighted by atomic mass is 9.61. The predicted octanol–water partition coefficient (Wildman–Crippen LogP) is 3.82. The van der Waals surface area contributed by atoms with Gasteiger partial charge in [0.2, 0.25) is 12.3 Å². The van der Waals surface area contributed by atoms with Crippen LogP contribution in [-0.2, 0) is 14.2 Å². The normalized spacial score (nSPS) is 36.0. The van der Waals surface area contributed by atoms with E-state index in [1.54, 1.807) is 17.6 Å². The SMILES string of the molecule is CCCCO[C@@H]1OC=C2C[C@@H]([N+](=O)[O-])[C@@H](c3cccs3)[C@@H]3COC[C@@H]1[C@H]23. The molecule has 0 N–H and O–H groups in total. The summed E-state index contributed by atoms with van der Waals surface area (Å²) in [5.41, 5.74) is 1.06. The van der Waals surface area contributed by atoms with Crippen molar-refractivity contribution < 1.29 is 19.1 Å². The van der Waals surface area contributed by atoms with E-state index in [0.717, 1.165) is 23.3 Å². The number of rotatable bonds is 6. The predicted molar refractivity (Wildman–Crippen MR) is 97.6 cm³/mol. The first kappa shape index (κ1) is 17.9. The van der Waals surface area contributed by atoms with Gasteiger partial charge >= 0.3 is 0 Å². The lowest BCUT2D eigenvalue weighted by molar-refractivity contribution is -0.531. The molecule has 0 amide bonds. The number of unbranched alkanes of at least 4 members (excludes halogenated alkanes) is 1. The van der Waals surface area contributed by atoms with Gasteiger partial charge in [0.15, 0.2) is 0 Å². The Balaban J connectivity index is 1.64. The van der Waals surface area contributed by atoms with E-state index in [-0.39, 0.29) is 34.9 Å². The van der Waals surface area contributed by atoms with Gasteiger partial charge in [0.05, 0.1) is 37.9 Å². The van der Waals surface area contributed by atoms with Crippen LogP contribution in [0.2, 0.25) is 0 Å². The molecule has 2 aliphatic heterocycles. The quantitative estimate of drug-likeness (QED) is 0.427. The van der Waals surface area contributed by atoms with Crippen LogP contribution in [-0.4, -0.2) is 37.1 Å². The van der Waals surface area contributed by atoms with Crippen LogP contribution in [0.4, 0.5) is 0 Å². The monoisotopic (exact) mass is 379 g/mol. The van der Waals surface area contributed by atoms with E-state index >= 15 is 0 Å². The van der Waals surface area contributed by atoms with Gasteiger partial charge in [-0.2, -0.15) is 0 Å².